The molecular formula is C22H24N2O4. The van der Waals surface area contributed by atoms with Crippen molar-refractivity contribution in [3.8, 4) is 0 Å². The summed E-state index contributed by atoms with van der Waals surface area (Å²) in [6.45, 7) is 3.48. The monoisotopic (exact) mass is 380 g/mol. The predicted octanol–water partition coefficient (Wildman–Crippen LogP) is 1.96. The number of cyclic esters (lactones) is 1. The van der Waals surface area contributed by atoms with Gasteiger partial charge in [0.2, 0.25) is 0 Å². The lowest BCUT2D eigenvalue weighted by Gasteiger charge is -2.35. The molecule has 2 heterocycles. The standard InChI is InChI=1S/C22H24N2O4/c25-21(20-14-17-8-4-5-9-18(17)22(26)28-20)23-15-19(16-6-2-1-3-7-16)24-10-12-27-13-11-24/h1-9,19-20H,10-15H2,(H,23,25). The Morgan fingerprint density at radius 2 is 1.79 bits per heavy atom. The summed E-state index contributed by atoms with van der Waals surface area (Å²) in [6.07, 6.45) is -0.384. The summed E-state index contributed by atoms with van der Waals surface area (Å²) in [5.74, 6) is -0.688. The first-order valence-electron chi connectivity index (χ1n) is 9.66. The fourth-order valence-electron chi connectivity index (χ4n) is 3.81. The van der Waals surface area contributed by atoms with Crippen molar-refractivity contribution in [2.45, 2.75) is 18.6 Å². The maximum absolute atomic E-state index is 12.7. The third-order valence-corrected chi connectivity index (χ3v) is 5.32. The van der Waals surface area contributed by atoms with Crippen LogP contribution in [0.1, 0.15) is 27.5 Å². The molecule has 4 rings (SSSR count). The molecule has 2 aromatic rings. The first-order chi connectivity index (χ1) is 13.7. The van der Waals surface area contributed by atoms with Crippen molar-refractivity contribution in [2.75, 3.05) is 32.8 Å². The van der Waals surface area contributed by atoms with Crippen LogP contribution in [-0.2, 0) is 20.7 Å². The zero-order chi connectivity index (χ0) is 19.3. The molecule has 1 N–H and O–H groups in total. The normalized spacial score (nSPS) is 20.7. The van der Waals surface area contributed by atoms with E-state index in [0.29, 0.717) is 31.7 Å². The van der Waals surface area contributed by atoms with Gasteiger partial charge in [-0.25, -0.2) is 4.79 Å². The van der Waals surface area contributed by atoms with E-state index in [4.69, 9.17) is 9.47 Å². The molecule has 0 saturated carbocycles. The number of nitrogens with zero attached hydrogens (tertiary/aromatic N) is 1. The van der Waals surface area contributed by atoms with Crippen molar-refractivity contribution in [3.63, 3.8) is 0 Å². The third-order valence-electron chi connectivity index (χ3n) is 5.32. The fraction of sp³-hybridized carbons (Fsp3) is 0.364. The Balaban J connectivity index is 1.44. The van der Waals surface area contributed by atoms with Crippen LogP contribution in [0.4, 0.5) is 0 Å². The van der Waals surface area contributed by atoms with Crippen molar-refractivity contribution in [2.24, 2.45) is 0 Å². The quantitative estimate of drug-likeness (QED) is 0.803. The molecule has 0 aliphatic carbocycles. The Morgan fingerprint density at radius 3 is 2.57 bits per heavy atom. The molecule has 1 fully saturated rings. The zero-order valence-electron chi connectivity index (χ0n) is 15.7. The van der Waals surface area contributed by atoms with Crippen LogP contribution in [0, 0.1) is 0 Å². The summed E-state index contributed by atoms with van der Waals surface area (Å²) in [5, 5.41) is 3.00. The molecule has 1 amide bonds. The molecule has 0 bridgehead atoms. The number of hydrogen-bond donors (Lipinski definition) is 1. The minimum Gasteiger partial charge on any atom is -0.448 e. The second-order valence-electron chi connectivity index (χ2n) is 7.08. The smallest absolute Gasteiger partial charge is 0.339 e. The first-order valence-corrected chi connectivity index (χ1v) is 9.66. The topological polar surface area (TPSA) is 67.9 Å². The molecule has 6 nitrogen and oxygen atoms in total. The van der Waals surface area contributed by atoms with Gasteiger partial charge in [-0.2, -0.15) is 0 Å². The van der Waals surface area contributed by atoms with E-state index in [0.717, 1.165) is 24.2 Å². The zero-order valence-corrected chi connectivity index (χ0v) is 15.7. The summed E-state index contributed by atoms with van der Waals surface area (Å²) < 4.78 is 10.8. The van der Waals surface area contributed by atoms with Crippen molar-refractivity contribution < 1.29 is 19.1 Å². The van der Waals surface area contributed by atoms with Gasteiger partial charge in [0.1, 0.15) is 0 Å². The van der Waals surface area contributed by atoms with Crippen LogP contribution in [0.25, 0.3) is 0 Å². The van der Waals surface area contributed by atoms with Gasteiger partial charge in [0, 0.05) is 26.1 Å². The van der Waals surface area contributed by atoms with Crippen LogP contribution < -0.4 is 5.32 Å². The largest absolute Gasteiger partial charge is 0.448 e. The number of fused-ring (bicyclic) bond motifs is 1. The molecule has 1 saturated heterocycles. The van der Waals surface area contributed by atoms with Gasteiger partial charge in [-0.15, -0.1) is 0 Å². The van der Waals surface area contributed by atoms with Crippen LogP contribution in [0.15, 0.2) is 54.6 Å². The van der Waals surface area contributed by atoms with Gasteiger partial charge in [-0.3, -0.25) is 9.69 Å². The average Bonchev–Trinajstić information content (AvgIpc) is 2.75. The molecule has 2 aromatic carbocycles. The average molecular weight is 380 g/mol. The number of esters is 1. The van der Waals surface area contributed by atoms with Gasteiger partial charge in [-0.1, -0.05) is 48.5 Å². The van der Waals surface area contributed by atoms with Crippen molar-refractivity contribution >= 4 is 11.9 Å². The highest BCUT2D eigenvalue weighted by Gasteiger charge is 2.32. The van der Waals surface area contributed by atoms with E-state index >= 15 is 0 Å². The van der Waals surface area contributed by atoms with E-state index in [1.165, 1.54) is 0 Å². The Morgan fingerprint density at radius 1 is 1.07 bits per heavy atom. The Labute approximate surface area is 164 Å². The minimum atomic E-state index is -0.788. The summed E-state index contributed by atoms with van der Waals surface area (Å²) in [6, 6.07) is 17.5. The number of rotatable bonds is 5. The molecule has 0 aromatic heterocycles. The first kappa shape index (κ1) is 18.7. The summed E-state index contributed by atoms with van der Waals surface area (Å²) in [7, 11) is 0. The fourth-order valence-corrected chi connectivity index (χ4v) is 3.81. The van der Waals surface area contributed by atoms with Crippen molar-refractivity contribution in [1.82, 2.24) is 10.2 Å². The molecule has 28 heavy (non-hydrogen) atoms. The second-order valence-corrected chi connectivity index (χ2v) is 7.08. The molecule has 2 aliphatic heterocycles. The van der Waals surface area contributed by atoms with Gasteiger partial charge in [0.15, 0.2) is 6.10 Å². The molecule has 146 valence electrons. The summed E-state index contributed by atoms with van der Waals surface area (Å²) >= 11 is 0. The van der Waals surface area contributed by atoms with Gasteiger partial charge in [0.25, 0.3) is 5.91 Å². The Bertz CT molecular complexity index is 833. The predicted molar refractivity (Wildman–Crippen MR) is 104 cm³/mol. The van der Waals surface area contributed by atoms with Crippen LogP contribution in [-0.4, -0.2) is 55.7 Å². The minimum absolute atomic E-state index is 0.0561. The second kappa shape index (κ2) is 8.54. The van der Waals surface area contributed by atoms with Crippen molar-refractivity contribution in [1.29, 1.82) is 0 Å². The highest BCUT2D eigenvalue weighted by Crippen LogP contribution is 2.23. The van der Waals surface area contributed by atoms with E-state index in [1.807, 2.05) is 30.3 Å². The SMILES string of the molecule is O=C1OC(C(=O)NCC(c2ccccc2)N2CCOCC2)Cc2ccccc21. The van der Waals surface area contributed by atoms with E-state index in [9.17, 15) is 9.59 Å². The highest BCUT2D eigenvalue weighted by molar-refractivity contribution is 5.95. The number of ether oxygens (including phenoxy) is 2. The van der Waals surface area contributed by atoms with Crippen LogP contribution in [0.5, 0.6) is 0 Å². The highest BCUT2D eigenvalue weighted by atomic mass is 16.5. The number of amides is 1. The van der Waals surface area contributed by atoms with E-state index in [-0.39, 0.29) is 11.9 Å². The third kappa shape index (κ3) is 4.08. The Hall–Kier alpha value is -2.70. The number of hydrogen-bond acceptors (Lipinski definition) is 5. The summed E-state index contributed by atoms with van der Waals surface area (Å²) in [5.41, 5.74) is 2.55. The Kier molecular flexibility index (Phi) is 5.69. The van der Waals surface area contributed by atoms with E-state index in [2.05, 4.69) is 22.3 Å². The van der Waals surface area contributed by atoms with Crippen LogP contribution >= 0.6 is 0 Å². The van der Waals surface area contributed by atoms with E-state index in [1.54, 1.807) is 12.1 Å². The lowest BCUT2D eigenvalue weighted by molar-refractivity contribution is -0.130. The lowest BCUT2D eigenvalue weighted by Crippen LogP contribution is -2.47. The molecule has 6 heteroatoms. The van der Waals surface area contributed by atoms with Crippen molar-refractivity contribution in [3.05, 3.63) is 71.3 Å². The van der Waals surface area contributed by atoms with Gasteiger partial charge in [0.05, 0.1) is 24.8 Å². The number of carbonyl (C=O) groups is 2. The molecule has 2 aliphatic rings. The summed E-state index contributed by atoms with van der Waals surface area (Å²) in [4.78, 5) is 27.2. The number of benzene rings is 2. The van der Waals surface area contributed by atoms with Gasteiger partial charge >= 0.3 is 5.97 Å². The van der Waals surface area contributed by atoms with Gasteiger partial charge < -0.3 is 14.8 Å². The van der Waals surface area contributed by atoms with Crippen LogP contribution in [0.2, 0.25) is 0 Å². The molecular weight excluding hydrogens is 356 g/mol. The lowest BCUT2D eigenvalue weighted by atomic mass is 9.98. The molecule has 2 unspecified atom stereocenters. The molecule has 2 atom stereocenters. The number of carbonyl (C=O) groups excluding carboxylic acids is 2. The maximum Gasteiger partial charge on any atom is 0.339 e. The number of nitrogens with one attached hydrogen (secondary N) is 1. The molecule has 0 spiro atoms. The maximum atomic E-state index is 12.7. The number of morpholine rings is 1. The van der Waals surface area contributed by atoms with Gasteiger partial charge in [-0.05, 0) is 17.2 Å². The van der Waals surface area contributed by atoms with Crippen LogP contribution in [0.3, 0.4) is 0 Å². The molecule has 0 radical (unpaired) electrons. The van der Waals surface area contributed by atoms with E-state index < -0.39 is 12.1 Å².